The first kappa shape index (κ1) is 39.2. The van der Waals surface area contributed by atoms with E-state index in [4.69, 9.17) is 24.7 Å². The van der Waals surface area contributed by atoms with Gasteiger partial charge in [-0.25, -0.2) is 0 Å². The minimum Gasteiger partial charge on any atom is -0.504 e. The van der Waals surface area contributed by atoms with Gasteiger partial charge in [-0.05, 0) is 104 Å². The smallest absolute Gasteiger partial charge is 0.302 e. The molecule has 48 heavy (non-hydrogen) atoms. The number of dihydropyridines is 1. The predicted molar refractivity (Wildman–Crippen MR) is 184 cm³/mol. The Morgan fingerprint density at radius 3 is 2.48 bits per heavy atom. The number of carbonyl (C=O) groups excluding carboxylic acids is 2. The average molecular weight is 675 g/mol. The highest BCUT2D eigenvalue weighted by Crippen LogP contribution is 2.39. The minimum absolute atomic E-state index is 0.0172. The molecule has 11 heteroatoms. The van der Waals surface area contributed by atoms with E-state index in [1.807, 2.05) is 6.08 Å². The van der Waals surface area contributed by atoms with E-state index in [2.05, 4.69) is 19.2 Å². The number of aliphatic hydroxyl groups excluding tert-OH is 2. The fourth-order valence-corrected chi connectivity index (χ4v) is 7.26. The Bertz CT molecular complexity index is 1250. The number of aryl methyl sites for hydroxylation is 1. The summed E-state index contributed by atoms with van der Waals surface area (Å²) >= 11 is 0. The van der Waals surface area contributed by atoms with Gasteiger partial charge in [-0.2, -0.15) is 0 Å². The lowest BCUT2D eigenvalue weighted by Gasteiger charge is -2.38. The molecule has 0 amide bonds. The fraction of sp³-hybridized carbons (Fsp3) is 0.676. The van der Waals surface area contributed by atoms with Gasteiger partial charge in [0.1, 0.15) is 18.8 Å². The normalized spacial score (nSPS) is 22.8. The van der Waals surface area contributed by atoms with Crippen LogP contribution in [0.5, 0.6) is 11.5 Å². The largest absolute Gasteiger partial charge is 0.504 e. The number of phenolic OH excluding ortho intramolecular Hbond substituents is 1. The number of carbonyl (C=O) groups is 2. The number of hydrogen-bond acceptors (Lipinski definition) is 11. The summed E-state index contributed by atoms with van der Waals surface area (Å²) in [6.07, 6.45) is 8.18. The number of phenols is 1. The van der Waals surface area contributed by atoms with E-state index in [0.29, 0.717) is 50.1 Å². The van der Waals surface area contributed by atoms with Gasteiger partial charge in [-0.1, -0.05) is 26.3 Å². The molecule has 270 valence electrons. The van der Waals surface area contributed by atoms with E-state index < -0.39 is 30.3 Å². The number of ether oxygens (including phenoxy) is 4. The maximum Gasteiger partial charge on any atom is 0.302 e. The number of rotatable bonds is 17. The van der Waals surface area contributed by atoms with Gasteiger partial charge >= 0.3 is 11.9 Å². The molecule has 0 radical (unpaired) electrons. The lowest BCUT2D eigenvalue weighted by atomic mass is 9.73. The van der Waals surface area contributed by atoms with Gasteiger partial charge < -0.3 is 45.3 Å². The molecule has 3 rings (SSSR count). The average Bonchev–Trinajstić information content (AvgIpc) is 3.01. The summed E-state index contributed by atoms with van der Waals surface area (Å²) in [4.78, 5) is 24.9. The molecule has 0 spiro atoms. The van der Waals surface area contributed by atoms with Crippen molar-refractivity contribution >= 4 is 17.5 Å². The van der Waals surface area contributed by atoms with Crippen molar-refractivity contribution in [1.82, 2.24) is 5.32 Å². The number of aliphatic hydroxyl groups is 2. The van der Waals surface area contributed by atoms with Crippen molar-refractivity contribution in [2.45, 2.75) is 104 Å². The van der Waals surface area contributed by atoms with Crippen LogP contribution in [0, 0.1) is 23.7 Å². The van der Waals surface area contributed by atoms with Crippen LogP contribution in [0.1, 0.15) is 90.2 Å². The van der Waals surface area contributed by atoms with E-state index in [0.717, 1.165) is 48.8 Å². The molecule has 1 aliphatic heterocycles. The lowest BCUT2D eigenvalue weighted by molar-refractivity contribution is -0.157. The van der Waals surface area contributed by atoms with Gasteiger partial charge in [0.25, 0.3) is 0 Å². The third kappa shape index (κ3) is 12.6. The highest BCUT2D eigenvalue weighted by molar-refractivity contribution is 5.79. The first-order valence-electron chi connectivity index (χ1n) is 17.4. The molecule has 6 atom stereocenters. The Balaban J connectivity index is 1.92. The maximum atomic E-state index is 12.5. The Morgan fingerprint density at radius 1 is 1.08 bits per heavy atom. The van der Waals surface area contributed by atoms with Crippen molar-refractivity contribution in [3.63, 3.8) is 0 Å². The van der Waals surface area contributed by atoms with Crippen molar-refractivity contribution in [3.8, 4) is 11.5 Å². The van der Waals surface area contributed by atoms with Gasteiger partial charge in [0.05, 0.1) is 18.5 Å². The van der Waals surface area contributed by atoms with Gasteiger partial charge in [0.2, 0.25) is 0 Å². The van der Waals surface area contributed by atoms with Gasteiger partial charge in [0, 0.05) is 40.5 Å². The van der Waals surface area contributed by atoms with Crippen molar-refractivity contribution < 1.29 is 43.9 Å². The van der Waals surface area contributed by atoms with E-state index in [9.17, 15) is 24.9 Å². The Hall–Kier alpha value is -3.28. The van der Waals surface area contributed by atoms with Gasteiger partial charge in [-0.3, -0.25) is 9.59 Å². The molecule has 11 nitrogen and oxygen atoms in total. The SMILES string of the molecule is COCC[C@H]1CC[C@@H](CC(C)C)C[C@H]([C@@H](C[C@@H](CCc2cc(OCCO)c(O)cc2C2=CCNC(N)=C2)OC(C)=O)OC(C)=O)C[C@H]1O. The van der Waals surface area contributed by atoms with Crippen molar-refractivity contribution in [2.75, 3.05) is 33.5 Å². The number of nitrogens with one attached hydrogen (secondary N) is 1. The quantitative estimate of drug-likeness (QED) is 0.146. The molecule has 0 bridgehead atoms. The fourth-order valence-electron chi connectivity index (χ4n) is 7.26. The molecule has 1 saturated carbocycles. The van der Waals surface area contributed by atoms with Crippen molar-refractivity contribution in [2.24, 2.45) is 29.4 Å². The van der Waals surface area contributed by atoms with Crippen LogP contribution in [0.25, 0.3) is 5.57 Å². The van der Waals surface area contributed by atoms with Crippen LogP contribution in [0.15, 0.2) is 30.1 Å². The number of hydrogen-bond donors (Lipinski definition) is 5. The van der Waals surface area contributed by atoms with Crippen molar-refractivity contribution in [3.05, 3.63) is 41.2 Å². The van der Waals surface area contributed by atoms with E-state index in [1.54, 1.807) is 25.3 Å². The summed E-state index contributed by atoms with van der Waals surface area (Å²) in [5.74, 6) is 0.704. The number of allylic oxidation sites excluding steroid dienone is 2. The van der Waals surface area contributed by atoms with Crippen LogP contribution in [0.2, 0.25) is 0 Å². The summed E-state index contributed by atoms with van der Waals surface area (Å²) in [6, 6.07) is 3.36. The first-order valence-corrected chi connectivity index (χ1v) is 17.4. The number of esters is 2. The van der Waals surface area contributed by atoms with E-state index in [1.165, 1.54) is 13.8 Å². The second kappa shape index (κ2) is 19.7. The second-order valence-electron chi connectivity index (χ2n) is 13.8. The number of nitrogens with two attached hydrogens (primary N) is 1. The first-order chi connectivity index (χ1) is 22.9. The molecule has 1 heterocycles. The molecule has 1 aromatic carbocycles. The van der Waals surface area contributed by atoms with E-state index in [-0.39, 0.29) is 43.0 Å². The summed E-state index contributed by atoms with van der Waals surface area (Å²) in [5.41, 5.74) is 8.48. The lowest BCUT2D eigenvalue weighted by Crippen LogP contribution is -2.38. The minimum atomic E-state index is -0.589. The van der Waals surface area contributed by atoms with Gasteiger partial charge in [0.15, 0.2) is 11.5 Å². The molecular weight excluding hydrogens is 616 g/mol. The maximum absolute atomic E-state index is 12.5. The zero-order valence-electron chi connectivity index (χ0n) is 29.4. The van der Waals surface area contributed by atoms with Crippen LogP contribution in [-0.4, -0.2) is 79.0 Å². The van der Waals surface area contributed by atoms with E-state index >= 15 is 0 Å². The third-order valence-corrected chi connectivity index (χ3v) is 9.36. The van der Waals surface area contributed by atoms with Gasteiger partial charge in [-0.15, -0.1) is 0 Å². The molecule has 2 aliphatic rings. The Labute approximate surface area is 285 Å². The predicted octanol–water partition coefficient (Wildman–Crippen LogP) is 4.60. The van der Waals surface area contributed by atoms with Crippen LogP contribution >= 0.6 is 0 Å². The number of aromatic hydroxyl groups is 1. The summed E-state index contributed by atoms with van der Waals surface area (Å²) in [5, 5.41) is 34.5. The molecule has 1 aromatic rings. The molecular formula is C37H58N2O9. The zero-order chi connectivity index (χ0) is 35.2. The number of methoxy groups -OCH3 is 1. The monoisotopic (exact) mass is 674 g/mol. The molecule has 1 fully saturated rings. The third-order valence-electron chi connectivity index (χ3n) is 9.36. The molecule has 0 saturated heterocycles. The molecule has 0 aromatic heterocycles. The summed E-state index contributed by atoms with van der Waals surface area (Å²) in [7, 11) is 1.67. The Morgan fingerprint density at radius 2 is 1.83 bits per heavy atom. The molecule has 0 unspecified atom stereocenters. The second-order valence-corrected chi connectivity index (χ2v) is 13.8. The van der Waals surface area contributed by atoms with Crippen LogP contribution in [0.3, 0.4) is 0 Å². The van der Waals surface area contributed by atoms with Crippen LogP contribution < -0.4 is 15.8 Å². The highest BCUT2D eigenvalue weighted by atomic mass is 16.6. The summed E-state index contributed by atoms with van der Waals surface area (Å²) in [6.45, 7) is 8.10. The van der Waals surface area contributed by atoms with Crippen LogP contribution in [-0.2, 0) is 30.2 Å². The molecule has 6 N–H and O–H groups in total. The standard InChI is InChI=1S/C37H58N2O9/c1-23(2)16-26-6-7-27(11-14-45-5)33(43)18-30(17-26)35(48-25(4)42)21-31(47-24(3)41)9-8-28-19-36(46-15-13-40)34(44)22-32(28)29-10-12-39-37(38)20-29/h10,19-20,22-23,26-27,30-31,33,35,39-40,43-44H,6-9,11-18,21,38H2,1-5H3/t26-,27+,30-,31+,33+,35+/m0/s1. The van der Waals surface area contributed by atoms with Crippen molar-refractivity contribution in [1.29, 1.82) is 0 Å². The zero-order valence-corrected chi connectivity index (χ0v) is 29.4. The highest BCUT2D eigenvalue weighted by Gasteiger charge is 2.36. The Kier molecular flexibility index (Phi) is 16.0. The topological polar surface area (TPSA) is 170 Å². The van der Waals surface area contributed by atoms with Crippen LogP contribution in [0.4, 0.5) is 0 Å². The molecule has 1 aliphatic carbocycles. The number of benzene rings is 1. The summed E-state index contributed by atoms with van der Waals surface area (Å²) < 4.78 is 22.8.